The summed E-state index contributed by atoms with van der Waals surface area (Å²) in [5.74, 6) is 0.476. The van der Waals surface area contributed by atoms with Crippen LogP contribution in [-0.2, 0) is 0 Å². The predicted molar refractivity (Wildman–Crippen MR) is 83.4 cm³/mol. The van der Waals surface area contributed by atoms with E-state index in [2.05, 4.69) is 5.32 Å². The molecule has 1 amide bonds. The highest BCUT2D eigenvalue weighted by Gasteiger charge is 2.23. The van der Waals surface area contributed by atoms with Crippen molar-refractivity contribution in [3.05, 3.63) is 29.8 Å². The van der Waals surface area contributed by atoms with E-state index in [1.165, 1.54) is 19.3 Å². The summed E-state index contributed by atoms with van der Waals surface area (Å²) in [7, 11) is 0. The topological polar surface area (TPSA) is 52.6 Å². The third-order valence-electron chi connectivity index (χ3n) is 4.75. The third kappa shape index (κ3) is 3.38. The third-order valence-corrected chi connectivity index (χ3v) is 4.75. The molecule has 1 aliphatic heterocycles. The molecule has 21 heavy (non-hydrogen) atoms. The number of hydrogen-bond acceptors (Lipinski definition) is 3. The number of nitrogens with one attached hydrogen (secondary N) is 1. The monoisotopic (exact) mass is 288 g/mol. The SMILES string of the molecule is O=C(c1cccc(NC2CCC2)c1)N1CCC(CO)CC1. The Morgan fingerprint density at radius 2 is 2.00 bits per heavy atom. The smallest absolute Gasteiger partial charge is 0.253 e. The van der Waals surface area contributed by atoms with Crippen LogP contribution in [0.1, 0.15) is 42.5 Å². The van der Waals surface area contributed by atoms with Gasteiger partial charge in [-0.3, -0.25) is 4.79 Å². The number of benzene rings is 1. The summed E-state index contributed by atoms with van der Waals surface area (Å²) < 4.78 is 0. The summed E-state index contributed by atoms with van der Waals surface area (Å²) in [6.45, 7) is 1.75. The van der Waals surface area contributed by atoms with Gasteiger partial charge in [-0.05, 0) is 56.2 Å². The van der Waals surface area contributed by atoms with E-state index >= 15 is 0 Å². The molecule has 4 heteroatoms. The number of nitrogens with zero attached hydrogens (tertiary/aromatic N) is 1. The predicted octanol–water partition coefficient (Wildman–Crippen LogP) is 2.50. The molecule has 1 aliphatic carbocycles. The molecule has 1 aromatic rings. The number of piperidine rings is 1. The summed E-state index contributed by atoms with van der Waals surface area (Å²) in [6, 6.07) is 8.43. The fourth-order valence-electron chi connectivity index (χ4n) is 3.03. The highest BCUT2D eigenvalue weighted by atomic mass is 16.3. The van der Waals surface area contributed by atoms with Crippen molar-refractivity contribution < 1.29 is 9.90 Å². The Morgan fingerprint density at radius 3 is 2.62 bits per heavy atom. The van der Waals surface area contributed by atoms with Gasteiger partial charge in [-0.25, -0.2) is 0 Å². The summed E-state index contributed by atoms with van der Waals surface area (Å²) in [4.78, 5) is 14.5. The van der Waals surface area contributed by atoms with Crippen molar-refractivity contribution >= 4 is 11.6 Å². The highest BCUT2D eigenvalue weighted by molar-refractivity contribution is 5.95. The van der Waals surface area contributed by atoms with E-state index in [1.807, 2.05) is 29.2 Å². The van der Waals surface area contributed by atoms with Gasteiger partial charge in [0.25, 0.3) is 5.91 Å². The molecule has 1 aromatic carbocycles. The number of aliphatic hydroxyl groups is 1. The molecule has 0 radical (unpaired) electrons. The Morgan fingerprint density at radius 1 is 1.24 bits per heavy atom. The van der Waals surface area contributed by atoms with Crippen molar-refractivity contribution in [1.29, 1.82) is 0 Å². The summed E-state index contributed by atoms with van der Waals surface area (Å²) in [5.41, 5.74) is 1.82. The molecule has 0 atom stereocenters. The molecule has 2 aliphatic rings. The van der Waals surface area contributed by atoms with Crippen LogP contribution in [0.4, 0.5) is 5.69 Å². The Kier molecular flexibility index (Phi) is 4.44. The largest absolute Gasteiger partial charge is 0.396 e. The maximum Gasteiger partial charge on any atom is 0.253 e. The second-order valence-electron chi connectivity index (χ2n) is 6.27. The van der Waals surface area contributed by atoms with Crippen LogP contribution in [0.2, 0.25) is 0 Å². The van der Waals surface area contributed by atoms with E-state index < -0.39 is 0 Å². The Hall–Kier alpha value is -1.55. The van der Waals surface area contributed by atoms with Gasteiger partial charge in [-0.15, -0.1) is 0 Å². The minimum atomic E-state index is 0.114. The van der Waals surface area contributed by atoms with Gasteiger partial charge >= 0.3 is 0 Å². The van der Waals surface area contributed by atoms with E-state index in [-0.39, 0.29) is 12.5 Å². The number of hydrogen-bond donors (Lipinski definition) is 2. The lowest BCUT2D eigenvalue weighted by Crippen LogP contribution is -2.39. The first-order valence-electron chi connectivity index (χ1n) is 8.03. The van der Waals surface area contributed by atoms with Crippen LogP contribution in [0.15, 0.2) is 24.3 Å². The fraction of sp³-hybridized carbons (Fsp3) is 0.588. The van der Waals surface area contributed by atoms with Gasteiger partial charge < -0.3 is 15.3 Å². The number of amides is 1. The minimum absolute atomic E-state index is 0.114. The van der Waals surface area contributed by atoms with Crippen molar-refractivity contribution in [3.63, 3.8) is 0 Å². The molecular formula is C17H24N2O2. The summed E-state index contributed by atoms with van der Waals surface area (Å²) in [5, 5.41) is 12.7. The first kappa shape index (κ1) is 14.4. The second-order valence-corrected chi connectivity index (χ2v) is 6.27. The lowest BCUT2D eigenvalue weighted by molar-refractivity contribution is 0.0651. The van der Waals surface area contributed by atoms with Crippen molar-refractivity contribution in [3.8, 4) is 0 Å². The van der Waals surface area contributed by atoms with E-state index in [0.29, 0.717) is 12.0 Å². The maximum absolute atomic E-state index is 12.6. The molecule has 1 saturated heterocycles. The number of anilines is 1. The van der Waals surface area contributed by atoms with Crippen molar-refractivity contribution in [2.75, 3.05) is 25.0 Å². The summed E-state index contributed by atoms with van der Waals surface area (Å²) >= 11 is 0. The number of carbonyl (C=O) groups is 1. The molecule has 0 aromatic heterocycles. The van der Waals surface area contributed by atoms with Gasteiger partial charge in [0, 0.05) is 37.0 Å². The molecule has 3 rings (SSSR count). The molecule has 1 heterocycles. The van der Waals surface area contributed by atoms with Crippen molar-refractivity contribution in [1.82, 2.24) is 4.90 Å². The molecule has 114 valence electrons. The van der Waals surface area contributed by atoms with Gasteiger partial charge in [0.15, 0.2) is 0 Å². The molecule has 2 fully saturated rings. The van der Waals surface area contributed by atoms with Crippen LogP contribution in [0, 0.1) is 5.92 Å². The zero-order valence-electron chi connectivity index (χ0n) is 12.4. The van der Waals surface area contributed by atoms with Gasteiger partial charge in [0.2, 0.25) is 0 Å². The van der Waals surface area contributed by atoms with E-state index in [9.17, 15) is 9.90 Å². The zero-order valence-corrected chi connectivity index (χ0v) is 12.4. The molecule has 2 N–H and O–H groups in total. The van der Waals surface area contributed by atoms with Crippen LogP contribution in [-0.4, -0.2) is 41.7 Å². The number of rotatable bonds is 4. The lowest BCUT2D eigenvalue weighted by Gasteiger charge is -2.31. The average Bonchev–Trinajstić information content (AvgIpc) is 2.51. The van der Waals surface area contributed by atoms with Gasteiger partial charge in [0.1, 0.15) is 0 Å². The molecular weight excluding hydrogens is 264 g/mol. The number of likely N-dealkylation sites (tertiary alicyclic amines) is 1. The maximum atomic E-state index is 12.6. The molecule has 0 bridgehead atoms. The molecule has 4 nitrogen and oxygen atoms in total. The minimum Gasteiger partial charge on any atom is -0.396 e. The average molecular weight is 288 g/mol. The molecule has 1 saturated carbocycles. The van der Waals surface area contributed by atoms with Crippen LogP contribution in [0.25, 0.3) is 0 Å². The van der Waals surface area contributed by atoms with Gasteiger partial charge in [-0.1, -0.05) is 6.07 Å². The van der Waals surface area contributed by atoms with Gasteiger partial charge in [-0.2, -0.15) is 0 Å². The van der Waals surface area contributed by atoms with E-state index in [0.717, 1.165) is 37.2 Å². The number of aliphatic hydroxyl groups excluding tert-OH is 1. The first-order valence-corrected chi connectivity index (χ1v) is 8.03. The van der Waals surface area contributed by atoms with Crippen molar-refractivity contribution in [2.24, 2.45) is 5.92 Å². The quantitative estimate of drug-likeness (QED) is 0.895. The molecule has 0 unspecified atom stereocenters. The first-order chi connectivity index (χ1) is 10.3. The van der Waals surface area contributed by atoms with Crippen molar-refractivity contribution in [2.45, 2.75) is 38.1 Å². The zero-order chi connectivity index (χ0) is 14.7. The summed E-state index contributed by atoms with van der Waals surface area (Å²) in [6.07, 6.45) is 5.57. The van der Waals surface area contributed by atoms with Gasteiger partial charge in [0.05, 0.1) is 0 Å². The van der Waals surface area contributed by atoms with Crippen LogP contribution in [0.3, 0.4) is 0 Å². The standard InChI is InChI=1S/C17H24N2O2/c20-12-13-7-9-19(10-8-13)17(21)14-3-1-6-16(11-14)18-15-4-2-5-15/h1,3,6,11,13,15,18,20H,2,4-5,7-10,12H2. The van der Waals surface area contributed by atoms with Crippen LogP contribution in [0.5, 0.6) is 0 Å². The normalized spacial score (nSPS) is 20.1. The Labute approximate surface area is 126 Å². The van der Waals surface area contributed by atoms with E-state index in [4.69, 9.17) is 0 Å². The molecule has 0 spiro atoms. The highest BCUT2D eigenvalue weighted by Crippen LogP contribution is 2.24. The van der Waals surface area contributed by atoms with Crippen LogP contribution < -0.4 is 5.32 Å². The fourth-order valence-corrected chi connectivity index (χ4v) is 3.03. The lowest BCUT2D eigenvalue weighted by atomic mass is 9.93. The number of carbonyl (C=O) groups excluding carboxylic acids is 1. The second kappa shape index (κ2) is 6.48. The van der Waals surface area contributed by atoms with E-state index in [1.54, 1.807) is 0 Å². The Bertz CT molecular complexity index is 491. The van der Waals surface area contributed by atoms with Crippen LogP contribution >= 0.6 is 0 Å². The Balaban J connectivity index is 1.62.